The first-order valence-corrected chi connectivity index (χ1v) is 18.8. The van der Waals surface area contributed by atoms with Gasteiger partial charge in [-0.2, -0.15) is 0 Å². The molecule has 6 aliphatic rings. The molecule has 7 rings (SSSR count). The van der Waals surface area contributed by atoms with Gasteiger partial charge in [-0.05, 0) is 112 Å². The Bertz CT molecular complexity index is 911. The van der Waals surface area contributed by atoms with Gasteiger partial charge < -0.3 is 9.05 Å². The maximum Gasteiger partial charge on any atom is 0.260 e. The molecule has 1 aromatic rings. The van der Waals surface area contributed by atoms with Crippen LogP contribution in [0.5, 0.6) is 0 Å². The van der Waals surface area contributed by atoms with Gasteiger partial charge in [-0.1, -0.05) is 88.1 Å². The van der Waals surface area contributed by atoms with E-state index in [2.05, 4.69) is 48.8 Å². The largest absolute Gasteiger partial charge is 0.318 e. The topological polar surface area (TPSA) is 21.7 Å². The molecule has 1 heterocycles. The smallest absolute Gasteiger partial charge is 0.260 e. The lowest BCUT2D eigenvalue weighted by atomic mass is 9.53. The van der Waals surface area contributed by atoms with Crippen molar-refractivity contribution in [3.63, 3.8) is 0 Å². The first kappa shape index (κ1) is 28.3. The fourth-order valence-corrected chi connectivity index (χ4v) is 13.1. The molecule has 1 aromatic carbocycles. The van der Waals surface area contributed by atoms with Crippen LogP contribution >= 0.6 is 8.53 Å². The molecule has 0 spiro atoms. The summed E-state index contributed by atoms with van der Waals surface area (Å²) in [6.45, 7) is 4.97. The molecular formula is C36H56NO2P. The van der Waals surface area contributed by atoms with Gasteiger partial charge >= 0.3 is 0 Å². The molecule has 1 saturated heterocycles. The number of benzene rings is 1. The first-order chi connectivity index (χ1) is 19.7. The molecule has 4 heteroatoms. The van der Waals surface area contributed by atoms with Crippen molar-refractivity contribution >= 4 is 8.53 Å². The minimum Gasteiger partial charge on any atom is -0.318 e. The van der Waals surface area contributed by atoms with Crippen molar-refractivity contribution in [1.29, 1.82) is 0 Å². The average molecular weight is 566 g/mol. The third-order valence-electron chi connectivity index (χ3n) is 12.9. The number of hydrogen-bond acceptors (Lipinski definition) is 3. The Morgan fingerprint density at radius 2 is 1.15 bits per heavy atom. The Labute approximate surface area is 246 Å². The molecule has 10 atom stereocenters. The molecule has 8 unspecified atom stereocenters. The maximum atomic E-state index is 7.52. The third kappa shape index (κ3) is 5.49. The summed E-state index contributed by atoms with van der Waals surface area (Å²) < 4.78 is 17.8. The fraction of sp³-hybridized carbons (Fsp3) is 0.833. The Morgan fingerprint density at radius 1 is 0.625 bits per heavy atom. The maximum absolute atomic E-state index is 7.52. The van der Waals surface area contributed by atoms with E-state index in [1.54, 1.807) is 0 Å². The summed E-state index contributed by atoms with van der Waals surface area (Å²) in [7, 11) is -1.09. The predicted octanol–water partition coefficient (Wildman–Crippen LogP) is 10.5. The summed E-state index contributed by atoms with van der Waals surface area (Å²) in [6.07, 6.45) is 24.8. The summed E-state index contributed by atoms with van der Waals surface area (Å²) in [5.41, 5.74) is 1.42. The molecule has 5 aliphatic carbocycles. The second kappa shape index (κ2) is 12.6. The van der Waals surface area contributed by atoms with Gasteiger partial charge in [-0.15, -0.1) is 0 Å². The zero-order chi connectivity index (χ0) is 27.1. The molecule has 40 heavy (non-hydrogen) atoms. The molecule has 222 valence electrons. The zero-order valence-corrected chi connectivity index (χ0v) is 26.4. The van der Waals surface area contributed by atoms with Crippen LogP contribution in [0.2, 0.25) is 0 Å². The zero-order valence-electron chi connectivity index (χ0n) is 25.5. The van der Waals surface area contributed by atoms with E-state index in [0.717, 1.165) is 41.4 Å². The first-order valence-electron chi connectivity index (χ1n) is 17.7. The van der Waals surface area contributed by atoms with E-state index < -0.39 is 8.53 Å². The summed E-state index contributed by atoms with van der Waals surface area (Å²) >= 11 is 0. The Hall–Kier alpha value is -0.470. The highest BCUT2D eigenvalue weighted by molar-refractivity contribution is 7.44. The summed E-state index contributed by atoms with van der Waals surface area (Å²) in [5, 5.41) is 0. The van der Waals surface area contributed by atoms with Crippen LogP contribution in [0.25, 0.3) is 0 Å². The van der Waals surface area contributed by atoms with Crippen molar-refractivity contribution in [2.75, 3.05) is 0 Å². The van der Waals surface area contributed by atoms with Crippen LogP contribution in [0.3, 0.4) is 0 Å². The van der Waals surface area contributed by atoms with Crippen molar-refractivity contribution in [1.82, 2.24) is 4.67 Å². The van der Waals surface area contributed by atoms with Gasteiger partial charge in [0, 0.05) is 12.1 Å². The number of nitrogens with zero attached hydrogens (tertiary/aromatic N) is 1. The van der Waals surface area contributed by atoms with E-state index in [1.165, 1.54) is 115 Å². The second-order valence-electron chi connectivity index (χ2n) is 14.9. The molecule has 0 radical (unpaired) electrons. The highest BCUT2D eigenvalue weighted by Gasteiger charge is 2.56. The van der Waals surface area contributed by atoms with Gasteiger partial charge in [0.25, 0.3) is 8.53 Å². The quantitative estimate of drug-likeness (QED) is 0.332. The fourth-order valence-electron chi connectivity index (χ4n) is 10.9. The van der Waals surface area contributed by atoms with E-state index in [1.807, 2.05) is 0 Å². The van der Waals surface area contributed by atoms with Crippen LogP contribution in [0, 0.1) is 41.4 Å². The van der Waals surface area contributed by atoms with Gasteiger partial charge in [0.05, 0.1) is 12.2 Å². The van der Waals surface area contributed by atoms with Crippen LogP contribution in [-0.4, -0.2) is 22.9 Å². The van der Waals surface area contributed by atoms with Gasteiger partial charge in [-0.25, -0.2) is 4.67 Å². The van der Waals surface area contributed by atoms with Gasteiger partial charge in [0.2, 0.25) is 0 Å². The standard InChI is InChI=1S/C36H56NO2P/c1-25(27-13-5-3-6-14-27)37(26(2)28-15-7-4-8-16-28)40-38-33-23-21-29-17-9-11-19-31(29)35(33)36-32-20-12-10-18-30(32)22-24-34(36)39-40/h3,5-6,13-14,25-26,28-36H,4,7-12,15-24H2,1-2H3/t25-,26-,29?,30?,31?,32?,33?,34?,35?,36?,40?/m1/s1. The summed E-state index contributed by atoms with van der Waals surface area (Å²) in [6, 6.07) is 12.1. The Kier molecular flexibility index (Phi) is 8.94. The lowest BCUT2D eigenvalue weighted by Crippen LogP contribution is -2.51. The third-order valence-corrected chi connectivity index (χ3v) is 14.9. The monoisotopic (exact) mass is 565 g/mol. The molecule has 5 saturated carbocycles. The van der Waals surface area contributed by atoms with Gasteiger partial charge in [0.1, 0.15) is 0 Å². The van der Waals surface area contributed by atoms with Crippen LogP contribution < -0.4 is 0 Å². The van der Waals surface area contributed by atoms with Crippen molar-refractivity contribution in [3.8, 4) is 0 Å². The second-order valence-corrected chi connectivity index (χ2v) is 16.2. The lowest BCUT2D eigenvalue weighted by molar-refractivity contribution is -0.0856. The van der Waals surface area contributed by atoms with Crippen LogP contribution in [0.15, 0.2) is 30.3 Å². The molecule has 6 fully saturated rings. The summed E-state index contributed by atoms with van der Waals surface area (Å²) in [5.74, 6) is 5.90. The molecule has 0 bridgehead atoms. The predicted molar refractivity (Wildman–Crippen MR) is 166 cm³/mol. The lowest BCUT2D eigenvalue weighted by Gasteiger charge is -2.53. The van der Waals surface area contributed by atoms with E-state index in [0.29, 0.717) is 24.3 Å². The van der Waals surface area contributed by atoms with Crippen molar-refractivity contribution in [2.24, 2.45) is 41.4 Å². The Morgan fingerprint density at radius 3 is 1.73 bits per heavy atom. The molecular weight excluding hydrogens is 509 g/mol. The highest BCUT2D eigenvalue weighted by Crippen LogP contribution is 2.64. The normalized spacial score (nSPS) is 42.0. The van der Waals surface area contributed by atoms with Crippen LogP contribution in [-0.2, 0) is 9.05 Å². The van der Waals surface area contributed by atoms with E-state index >= 15 is 0 Å². The summed E-state index contributed by atoms with van der Waals surface area (Å²) in [4.78, 5) is 0. The molecule has 1 aliphatic heterocycles. The molecule has 0 amide bonds. The van der Waals surface area contributed by atoms with Crippen LogP contribution in [0.1, 0.15) is 135 Å². The number of rotatable bonds is 5. The molecule has 0 aromatic heterocycles. The number of hydrogen-bond donors (Lipinski definition) is 0. The van der Waals surface area contributed by atoms with E-state index in [9.17, 15) is 0 Å². The molecule has 0 N–H and O–H groups in total. The number of fused-ring (bicyclic) bond motifs is 7. The minimum atomic E-state index is -1.09. The van der Waals surface area contributed by atoms with Gasteiger partial charge in [-0.3, -0.25) is 0 Å². The molecule has 3 nitrogen and oxygen atoms in total. The average Bonchev–Trinajstić information content (AvgIpc) is 3.19. The Balaban J connectivity index is 1.25. The highest BCUT2D eigenvalue weighted by atomic mass is 31.2. The van der Waals surface area contributed by atoms with Gasteiger partial charge in [0.15, 0.2) is 0 Å². The van der Waals surface area contributed by atoms with Crippen molar-refractivity contribution in [3.05, 3.63) is 35.9 Å². The van der Waals surface area contributed by atoms with Crippen molar-refractivity contribution < 1.29 is 9.05 Å². The SMILES string of the molecule is C[C@H](c1ccccc1)N([C@H](C)C1CCCCC1)P1OC2CCC3CCCCC3C2C2C(CCC3CCCCC32)O1. The minimum absolute atomic E-state index is 0.316. The van der Waals surface area contributed by atoms with Crippen LogP contribution in [0.4, 0.5) is 0 Å². The van der Waals surface area contributed by atoms with E-state index in [4.69, 9.17) is 9.05 Å². The van der Waals surface area contributed by atoms with Crippen molar-refractivity contribution in [2.45, 2.75) is 147 Å². The van der Waals surface area contributed by atoms with E-state index in [-0.39, 0.29) is 0 Å².